The Morgan fingerprint density at radius 1 is 0.931 bits per heavy atom. The Labute approximate surface area is 176 Å². The number of hydrogen-bond acceptors (Lipinski definition) is 5. The molecule has 0 unspecified atom stereocenters. The number of halogens is 1. The Morgan fingerprint density at radius 3 is 2.17 bits per heavy atom. The van der Waals surface area contributed by atoms with Gasteiger partial charge in [0.2, 0.25) is 0 Å². The van der Waals surface area contributed by atoms with Crippen molar-refractivity contribution in [1.29, 1.82) is 0 Å². The van der Waals surface area contributed by atoms with Crippen LogP contribution in [0.2, 0.25) is 5.02 Å². The van der Waals surface area contributed by atoms with Crippen molar-refractivity contribution >= 4 is 11.6 Å². The Balaban J connectivity index is 1.84. The lowest BCUT2D eigenvalue weighted by molar-refractivity contribution is -0.231. The molecule has 0 amide bonds. The molecular formula is C23H29ClO5. The summed E-state index contributed by atoms with van der Waals surface area (Å²) in [5.41, 5.74) is 3.93. The average molecular weight is 421 g/mol. The van der Waals surface area contributed by atoms with Crippen molar-refractivity contribution in [2.24, 2.45) is 0 Å². The zero-order valence-electron chi connectivity index (χ0n) is 16.9. The van der Waals surface area contributed by atoms with E-state index in [1.54, 1.807) is 12.1 Å². The first-order valence-electron chi connectivity index (χ1n) is 9.80. The van der Waals surface area contributed by atoms with Crippen molar-refractivity contribution in [3.63, 3.8) is 0 Å². The van der Waals surface area contributed by atoms with Gasteiger partial charge in [-0.3, -0.25) is 0 Å². The quantitative estimate of drug-likeness (QED) is 0.610. The molecule has 0 aliphatic carbocycles. The lowest BCUT2D eigenvalue weighted by atomic mass is 9.86. The largest absolute Gasteiger partial charge is 0.394 e. The smallest absolute Gasteiger partial charge is 0.113 e. The van der Waals surface area contributed by atoms with Gasteiger partial charge in [0, 0.05) is 5.02 Å². The molecule has 0 bridgehead atoms. The zero-order chi connectivity index (χ0) is 21.3. The molecule has 0 spiro atoms. The van der Waals surface area contributed by atoms with Crippen LogP contribution in [0.15, 0.2) is 42.5 Å². The fraction of sp³-hybridized carbons (Fsp3) is 0.478. The van der Waals surface area contributed by atoms with Gasteiger partial charge in [0.1, 0.15) is 30.5 Å². The summed E-state index contributed by atoms with van der Waals surface area (Å²) in [5, 5.41) is 40.4. The molecule has 1 heterocycles. The fourth-order valence-electron chi connectivity index (χ4n) is 3.63. The average Bonchev–Trinajstić information content (AvgIpc) is 2.68. The molecular weight excluding hydrogens is 392 g/mol. The van der Waals surface area contributed by atoms with Crippen LogP contribution in [0.5, 0.6) is 0 Å². The van der Waals surface area contributed by atoms with Gasteiger partial charge < -0.3 is 25.2 Å². The molecule has 1 saturated heterocycles. The molecule has 0 aromatic heterocycles. The summed E-state index contributed by atoms with van der Waals surface area (Å²) in [6.45, 7) is 6.05. The highest BCUT2D eigenvalue weighted by molar-refractivity contribution is 6.31. The maximum atomic E-state index is 10.4. The third-order valence-electron chi connectivity index (χ3n) is 5.51. The minimum atomic E-state index is -1.41. The number of ether oxygens (including phenoxy) is 1. The Kier molecular flexibility index (Phi) is 6.68. The zero-order valence-corrected chi connectivity index (χ0v) is 17.7. The first kappa shape index (κ1) is 22.2. The molecule has 2 aromatic carbocycles. The molecule has 5 nitrogen and oxygen atoms in total. The van der Waals surface area contributed by atoms with Crippen molar-refractivity contribution in [3.05, 3.63) is 69.7 Å². The topological polar surface area (TPSA) is 90.2 Å². The van der Waals surface area contributed by atoms with Crippen LogP contribution >= 0.6 is 11.6 Å². The standard InChI is InChI=1S/C23H29ClO5/c1-23(2,3)16-7-4-13(5-8-16)10-15-11-14(6-9-17(15)24)22-21(28)20(27)19(26)18(12-25)29-22/h4-9,11,18-22,25-28H,10,12H2,1-3H3/t18-,19-,20+,21-,22+/m1/s1. The first-order valence-corrected chi connectivity index (χ1v) is 10.2. The number of aliphatic hydroxyl groups excluding tert-OH is 4. The van der Waals surface area contributed by atoms with Gasteiger partial charge in [-0.05, 0) is 40.2 Å². The van der Waals surface area contributed by atoms with Gasteiger partial charge in [0.15, 0.2) is 0 Å². The maximum absolute atomic E-state index is 10.4. The molecule has 0 radical (unpaired) electrons. The molecule has 5 atom stereocenters. The summed E-state index contributed by atoms with van der Waals surface area (Å²) < 4.78 is 5.66. The van der Waals surface area contributed by atoms with Crippen LogP contribution in [0.1, 0.15) is 49.1 Å². The van der Waals surface area contributed by atoms with E-state index in [0.717, 1.165) is 11.1 Å². The van der Waals surface area contributed by atoms with Gasteiger partial charge in [-0.15, -0.1) is 0 Å². The molecule has 6 heteroatoms. The van der Waals surface area contributed by atoms with Gasteiger partial charge in [-0.2, -0.15) is 0 Å². The maximum Gasteiger partial charge on any atom is 0.113 e. The third kappa shape index (κ3) is 4.82. The van der Waals surface area contributed by atoms with E-state index in [1.165, 1.54) is 5.56 Å². The number of hydrogen-bond donors (Lipinski definition) is 4. The van der Waals surface area contributed by atoms with Crippen molar-refractivity contribution in [1.82, 2.24) is 0 Å². The van der Waals surface area contributed by atoms with E-state index in [4.69, 9.17) is 16.3 Å². The van der Waals surface area contributed by atoms with Crippen molar-refractivity contribution in [3.8, 4) is 0 Å². The number of rotatable bonds is 4. The van der Waals surface area contributed by atoms with Gasteiger partial charge in [0.05, 0.1) is 6.61 Å². The molecule has 29 heavy (non-hydrogen) atoms. The van der Waals surface area contributed by atoms with Crippen molar-refractivity contribution < 1.29 is 25.2 Å². The van der Waals surface area contributed by atoms with Gasteiger partial charge in [-0.1, -0.05) is 68.8 Å². The monoisotopic (exact) mass is 420 g/mol. The van der Waals surface area contributed by atoms with Crippen molar-refractivity contribution in [2.45, 2.75) is 63.1 Å². The molecule has 1 fully saturated rings. The van der Waals surface area contributed by atoms with E-state index >= 15 is 0 Å². The summed E-state index contributed by atoms with van der Waals surface area (Å²) in [6, 6.07) is 13.7. The number of benzene rings is 2. The predicted octanol–water partition coefficient (Wildman–Crippen LogP) is 2.74. The molecule has 0 saturated carbocycles. The first-order chi connectivity index (χ1) is 13.6. The van der Waals surface area contributed by atoms with Crippen LogP contribution in [-0.2, 0) is 16.6 Å². The predicted molar refractivity (Wildman–Crippen MR) is 112 cm³/mol. The van der Waals surface area contributed by atoms with Crippen molar-refractivity contribution in [2.75, 3.05) is 6.61 Å². The minimum absolute atomic E-state index is 0.0825. The molecule has 1 aliphatic heterocycles. The second-order valence-corrected chi connectivity index (χ2v) is 9.13. The van der Waals surface area contributed by atoms with Crippen LogP contribution in [0.3, 0.4) is 0 Å². The van der Waals surface area contributed by atoms with E-state index in [9.17, 15) is 20.4 Å². The lowest BCUT2D eigenvalue weighted by Crippen LogP contribution is -2.55. The molecule has 1 aliphatic rings. The number of aliphatic hydroxyl groups is 4. The van der Waals surface area contributed by atoms with Gasteiger partial charge in [-0.25, -0.2) is 0 Å². The summed E-state index contributed by atoms with van der Waals surface area (Å²) in [6.07, 6.45) is -5.30. The summed E-state index contributed by atoms with van der Waals surface area (Å²) >= 11 is 6.40. The van der Waals surface area contributed by atoms with Crippen LogP contribution in [0.25, 0.3) is 0 Å². The summed E-state index contributed by atoms with van der Waals surface area (Å²) in [4.78, 5) is 0. The summed E-state index contributed by atoms with van der Waals surface area (Å²) in [7, 11) is 0. The normalized spacial score (nSPS) is 27.8. The van der Waals surface area contributed by atoms with Crippen LogP contribution in [0, 0.1) is 0 Å². The van der Waals surface area contributed by atoms with E-state index < -0.39 is 37.1 Å². The van der Waals surface area contributed by atoms with E-state index in [1.807, 2.05) is 6.07 Å². The molecule has 4 N–H and O–H groups in total. The molecule has 158 valence electrons. The Morgan fingerprint density at radius 2 is 1.59 bits per heavy atom. The highest BCUT2D eigenvalue weighted by Crippen LogP contribution is 2.34. The summed E-state index contributed by atoms with van der Waals surface area (Å²) in [5.74, 6) is 0. The third-order valence-corrected chi connectivity index (χ3v) is 5.87. The Hall–Kier alpha value is -1.47. The van der Waals surface area contributed by atoms with Gasteiger partial charge in [0.25, 0.3) is 0 Å². The molecule has 3 rings (SSSR count). The fourth-order valence-corrected chi connectivity index (χ4v) is 3.81. The van der Waals surface area contributed by atoms with Crippen LogP contribution in [-0.4, -0.2) is 51.4 Å². The van der Waals surface area contributed by atoms with Gasteiger partial charge >= 0.3 is 0 Å². The van der Waals surface area contributed by atoms with E-state index in [2.05, 4.69) is 45.0 Å². The van der Waals surface area contributed by atoms with E-state index in [0.29, 0.717) is 17.0 Å². The lowest BCUT2D eigenvalue weighted by Gasteiger charge is -2.40. The second kappa shape index (κ2) is 8.72. The highest BCUT2D eigenvalue weighted by Gasteiger charge is 2.44. The van der Waals surface area contributed by atoms with Crippen LogP contribution < -0.4 is 0 Å². The SMILES string of the molecule is CC(C)(C)c1ccc(Cc2cc([C@@H]3O[C@H](CO)[C@@H](O)[C@H](O)[C@H]3O)ccc2Cl)cc1. The van der Waals surface area contributed by atoms with Crippen LogP contribution in [0.4, 0.5) is 0 Å². The molecule has 2 aromatic rings. The minimum Gasteiger partial charge on any atom is -0.394 e. The Bertz CT molecular complexity index is 828. The second-order valence-electron chi connectivity index (χ2n) is 8.72. The van der Waals surface area contributed by atoms with E-state index in [-0.39, 0.29) is 5.41 Å². The highest BCUT2D eigenvalue weighted by atomic mass is 35.5.